The van der Waals surface area contributed by atoms with Gasteiger partial charge in [0.1, 0.15) is 0 Å². The Morgan fingerprint density at radius 3 is 2.74 bits per heavy atom. The number of amides is 1. The van der Waals surface area contributed by atoms with Crippen LogP contribution < -0.4 is 0 Å². The summed E-state index contributed by atoms with van der Waals surface area (Å²) in [4.78, 5) is 18.7. The molecule has 10 heteroatoms. The number of aromatic nitrogens is 1. The van der Waals surface area contributed by atoms with E-state index in [2.05, 4.69) is 10.1 Å². The number of pyridine rings is 1. The first-order valence-corrected chi connectivity index (χ1v) is 10.2. The Bertz CT molecular complexity index is 1150. The minimum atomic E-state index is -5.10. The van der Waals surface area contributed by atoms with Crippen molar-refractivity contribution in [2.75, 3.05) is 13.7 Å². The maximum Gasteiger partial charge on any atom is 0.438 e. The monoisotopic (exact) mass is 449 g/mol. The zero-order chi connectivity index (χ0) is 22.2. The summed E-state index contributed by atoms with van der Waals surface area (Å²) in [5.74, 6) is -1.05. The minimum absolute atomic E-state index is 0.0200. The lowest BCUT2D eigenvalue weighted by Crippen LogP contribution is -2.56. The van der Waals surface area contributed by atoms with Gasteiger partial charge in [0.15, 0.2) is 0 Å². The smallest absolute Gasteiger partial charge is 0.384 e. The van der Waals surface area contributed by atoms with Crippen LogP contribution in [-0.4, -0.2) is 52.3 Å². The van der Waals surface area contributed by atoms with Crippen LogP contribution in [0.15, 0.2) is 52.9 Å². The number of carbonyl (C=O) groups is 1. The van der Waals surface area contributed by atoms with E-state index >= 15 is 0 Å². The van der Waals surface area contributed by atoms with Crippen molar-refractivity contribution in [3.05, 3.63) is 53.4 Å². The number of thiophene rings is 1. The predicted molar refractivity (Wildman–Crippen MR) is 111 cm³/mol. The molecule has 0 radical (unpaired) electrons. The van der Waals surface area contributed by atoms with Crippen molar-refractivity contribution in [3.8, 4) is 10.6 Å². The van der Waals surface area contributed by atoms with Gasteiger partial charge >= 0.3 is 6.18 Å². The third kappa shape index (κ3) is 3.82. The lowest BCUT2D eigenvalue weighted by Gasteiger charge is -2.32. The number of para-hydroxylation sites is 1. The second kappa shape index (κ2) is 8.03. The molecule has 0 fully saturated rings. The highest BCUT2D eigenvalue weighted by Crippen LogP contribution is 2.42. The summed E-state index contributed by atoms with van der Waals surface area (Å²) in [5, 5.41) is 16.7. The number of carbonyl (C=O) groups excluding carboxylic acids is 1. The Morgan fingerprint density at radius 1 is 1.29 bits per heavy atom. The van der Waals surface area contributed by atoms with Crippen LogP contribution in [0.25, 0.3) is 21.5 Å². The number of fused-ring (bicyclic) bond motifs is 1. The third-order valence-electron chi connectivity index (χ3n) is 5.00. The molecule has 4 rings (SSSR count). The molecule has 6 nitrogen and oxygen atoms in total. The topological polar surface area (TPSA) is 75.0 Å². The minimum Gasteiger partial charge on any atom is -0.384 e. The average Bonchev–Trinajstić information content (AvgIpc) is 3.39. The average molecular weight is 449 g/mol. The van der Waals surface area contributed by atoms with E-state index in [4.69, 9.17) is 4.74 Å². The summed E-state index contributed by atoms with van der Waals surface area (Å²) < 4.78 is 46.4. The summed E-state index contributed by atoms with van der Waals surface area (Å²) in [6, 6.07) is 11.7. The van der Waals surface area contributed by atoms with Gasteiger partial charge in [-0.25, -0.2) is 4.98 Å². The molecule has 1 aromatic carbocycles. The highest BCUT2D eigenvalue weighted by molar-refractivity contribution is 7.13. The van der Waals surface area contributed by atoms with Crippen LogP contribution in [0.1, 0.15) is 23.2 Å². The zero-order valence-corrected chi connectivity index (χ0v) is 17.2. The lowest BCUT2D eigenvalue weighted by molar-refractivity contribution is -0.297. The Morgan fingerprint density at radius 2 is 2.06 bits per heavy atom. The molecular formula is C21H18F3N3O3S. The third-order valence-corrected chi connectivity index (χ3v) is 5.90. The van der Waals surface area contributed by atoms with Crippen molar-refractivity contribution >= 4 is 33.9 Å². The number of hydrazone groups is 1. The first-order chi connectivity index (χ1) is 14.7. The summed E-state index contributed by atoms with van der Waals surface area (Å²) >= 11 is 1.39. The molecule has 0 saturated heterocycles. The van der Waals surface area contributed by atoms with Crippen molar-refractivity contribution in [1.29, 1.82) is 0 Å². The first-order valence-electron chi connectivity index (χ1n) is 9.37. The number of alkyl halides is 3. The summed E-state index contributed by atoms with van der Waals surface area (Å²) in [6.07, 6.45) is -5.86. The van der Waals surface area contributed by atoms with Gasteiger partial charge in [0.25, 0.3) is 11.6 Å². The number of benzene rings is 1. The van der Waals surface area contributed by atoms with E-state index in [1.807, 2.05) is 11.4 Å². The fourth-order valence-corrected chi connectivity index (χ4v) is 4.11. The Balaban J connectivity index is 1.84. The maximum atomic E-state index is 13.8. The molecule has 0 unspecified atom stereocenters. The molecule has 0 spiro atoms. The van der Waals surface area contributed by atoms with Crippen LogP contribution in [0.2, 0.25) is 0 Å². The predicted octanol–water partition coefficient (Wildman–Crippen LogP) is 4.45. The van der Waals surface area contributed by atoms with Crippen LogP contribution >= 0.6 is 11.3 Å². The molecule has 0 bridgehead atoms. The first kappa shape index (κ1) is 21.4. The van der Waals surface area contributed by atoms with Gasteiger partial charge in [0.2, 0.25) is 0 Å². The molecule has 1 N–H and O–H groups in total. The largest absolute Gasteiger partial charge is 0.438 e. The fraction of sp³-hybridized carbons (Fsp3) is 0.286. The zero-order valence-electron chi connectivity index (χ0n) is 16.4. The van der Waals surface area contributed by atoms with Crippen LogP contribution in [-0.2, 0) is 4.74 Å². The van der Waals surface area contributed by atoms with Gasteiger partial charge in [-0.15, -0.1) is 11.3 Å². The van der Waals surface area contributed by atoms with Crippen molar-refractivity contribution in [2.45, 2.75) is 24.7 Å². The van der Waals surface area contributed by atoms with Gasteiger partial charge in [-0.2, -0.15) is 23.3 Å². The van der Waals surface area contributed by atoms with E-state index in [1.54, 1.807) is 30.3 Å². The van der Waals surface area contributed by atoms with Crippen LogP contribution in [0, 0.1) is 0 Å². The van der Waals surface area contributed by atoms with Gasteiger partial charge in [-0.1, -0.05) is 24.3 Å². The van der Waals surface area contributed by atoms with Gasteiger partial charge in [-0.05, 0) is 23.6 Å². The molecule has 1 aliphatic heterocycles. The number of methoxy groups -OCH3 is 1. The van der Waals surface area contributed by atoms with E-state index < -0.39 is 24.2 Å². The molecule has 31 heavy (non-hydrogen) atoms. The van der Waals surface area contributed by atoms with Gasteiger partial charge in [-0.3, -0.25) is 4.79 Å². The van der Waals surface area contributed by atoms with Crippen molar-refractivity contribution in [3.63, 3.8) is 0 Å². The van der Waals surface area contributed by atoms with Crippen LogP contribution in [0.3, 0.4) is 0 Å². The van der Waals surface area contributed by atoms with E-state index in [0.717, 1.165) is 4.88 Å². The van der Waals surface area contributed by atoms with Gasteiger partial charge < -0.3 is 9.84 Å². The molecular weight excluding hydrogens is 431 g/mol. The summed E-state index contributed by atoms with van der Waals surface area (Å²) in [6.45, 7) is 0.121. The van der Waals surface area contributed by atoms with Gasteiger partial charge in [0, 0.05) is 31.0 Å². The lowest BCUT2D eigenvalue weighted by atomic mass is 10.0. The summed E-state index contributed by atoms with van der Waals surface area (Å²) in [7, 11) is 1.41. The molecule has 2 aromatic heterocycles. The van der Waals surface area contributed by atoms with Crippen molar-refractivity contribution in [2.24, 2.45) is 5.10 Å². The van der Waals surface area contributed by atoms with Crippen molar-refractivity contribution in [1.82, 2.24) is 9.99 Å². The molecule has 0 saturated carbocycles. The number of hydrogen-bond acceptors (Lipinski definition) is 6. The highest BCUT2D eigenvalue weighted by Gasteiger charge is 2.63. The van der Waals surface area contributed by atoms with E-state index in [0.29, 0.717) is 16.6 Å². The number of aliphatic hydroxyl groups is 1. The number of halogens is 3. The van der Waals surface area contributed by atoms with E-state index in [9.17, 15) is 23.1 Å². The number of rotatable bonds is 5. The molecule has 162 valence electrons. The molecule has 1 amide bonds. The molecule has 3 heterocycles. The molecule has 1 aliphatic rings. The summed E-state index contributed by atoms with van der Waals surface area (Å²) in [5.41, 5.74) is -2.51. The highest BCUT2D eigenvalue weighted by atomic mass is 32.1. The molecule has 3 aromatic rings. The van der Waals surface area contributed by atoms with Gasteiger partial charge in [0.05, 0.1) is 28.3 Å². The fourth-order valence-electron chi connectivity index (χ4n) is 3.43. The Labute approximate surface area is 179 Å². The number of hydrogen-bond donors (Lipinski definition) is 1. The van der Waals surface area contributed by atoms with Crippen molar-refractivity contribution < 1.29 is 27.8 Å². The number of nitrogens with zero attached hydrogens (tertiary/aromatic N) is 3. The van der Waals surface area contributed by atoms with E-state index in [1.165, 1.54) is 24.5 Å². The molecule has 0 aliphatic carbocycles. The quantitative estimate of drug-likeness (QED) is 0.625. The van der Waals surface area contributed by atoms with Crippen LogP contribution in [0.4, 0.5) is 13.2 Å². The Kier molecular flexibility index (Phi) is 5.54. The second-order valence-corrected chi connectivity index (χ2v) is 8.01. The SMILES string of the molecule is COCCC1=NN(C(=O)c2cc(-c3cccs3)nc3ccccc23)[C@](O)(C(F)(F)F)C1. The van der Waals surface area contributed by atoms with Crippen LogP contribution in [0.5, 0.6) is 0 Å². The second-order valence-electron chi connectivity index (χ2n) is 7.07. The molecule has 1 atom stereocenters. The van der Waals surface area contributed by atoms with E-state index in [-0.39, 0.29) is 29.3 Å². The number of ether oxygens (including phenoxy) is 1. The standard InChI is InChI=1S/C21H18F3N3O3S/c1-30-9-8-13-12-20(29,21(22,23)24)27(26-13)19(28)15-11-17(18-7-4-10-31-18)25-16-6-3-2-5-14(15)16/h2-7,10-11,29H,8-9,12H2,1H3/t20-/m1/s1. The normalized spacial score (nSPS) is 19.1. The maximum absolute atomic E-state index is 13.8. The Hall–Kier alpha value is -2.82.